The first kappa shape index (κ1) is 12.6. The van der Waals surface area contributed by atoms with Crippen molar-refractivity contribution in [1.82, 2.24) is 5.32 Å². The maximum absolute atomic E-state index is 9.97. The number of aryl methyl sites for hydroxylation is 1. The quantitative estimate of drug-likeness (QED) is 0.841. The van der Waals surface area contributed by atoms with E-state index in [1.807, 2.05) is 0 Å². The van der Waals surface area contributed by atoms with Gasteiger partial charge in [-0.2, -0.15) is 0 Å². The molecule has 2 heteroatoms. The molecule has 1 aromatic carbocycles. The van der Waals surface area contributed by atoms with Gasteiger partial charge in [-0.25, -0.2) is 0 Å². The minimum Gasteiger partial charge on any atom is -0.392 e. The lowest BCUT2D eigenvalue weighted by Gasteiger charge is -2.31. The van der Waals surface area contributed by atoms with Gasteiger partial charge in [0, 0.05) is 12.1 Å². The standard InChI is InChI=1S/C15H23NO/c1-11-7-3-4-8-13(11)12(2)16-14-9-5-6-10-15(14)17/h3-4,7-8,12,14-17H,5-6,9-10H2,1-2H3/t12-,14-,15-/m0/s1. The number of nitrogens with one attached hydrogen (secondary N) is 1. The van der Waals surface area contributed by atoms with Crippen molar-refractivity contribution < 1.29 is 5.11 Å². The number of benzene rings is 1. The van der Waals surface area contributed by atoms with Crippen LogP contribution in [0.5, 0.6) is 0 Å². The summed E-state index contributed by atoms with van der Waals surface area (Å²) in [6.45, 7) is 4.33. The molecule has 1 aliphatic rings. The summed E-state index contributed by atoms with van der Waals surface area (Å²) in [4.78, 5) is 0. The maximum Gasteiger partial charge on any atom is 0.0693 e. The molecule has 0 bridgehead atoms. The normalized spacial score (nSPS) is 26.8. The van der Waals surface area contributed by atoms with Gasteiger partial charge >= 0.3 is 0 Å². The molecule has 0 amide bonds. The molecule has 1 aliphatic carbocycles. The molecule has 17 heavy (non-hydrogen) atoms. The summed E-state index contributed by atoms with van der Waals surface area (Å²) in [7, 11) is 0. The number of rotatable bonds is 3. The van der Waals surface area contributed by atoms with E-state index in [9.17, 15) is 5.11 Å². The summed E-state index contributed by atoms with van der Waals surface area (Å²) in [6, 6.07) is 9.04. The molecule has 0 heterocycles. The SMILES string of the molecule is Cc1ccccc1[C@H](C)N[C@H]1CCCC[C@@H]1O. The van der Waals surface area contributed by atoms with Crippen LogP contribution in [-0.4, -0.2) is 17.3 Å². The number of aliphatic hydroxyl groups excluding tert-OH is 1. The monoisotopic (exact) mass is 233 g/mol. The summed E-state index contributed by atoms with van der Waals surface area (Å²) in [5, 5.41) is 13.5. The molecule has 1 saturated carbocycles. The highest BCUT2D eigenvalue weighted by atomic mass is 16.3. The van der Waals surface area contributed by atoms with Gasteiger partial charge in [0.25, 0.3) is 0 Å². The molecule has 1 fully saturated rings. The fraction of sp³-hybridized carbons (Fsp3) is 0.600. The van der Waals surface area contributed by atoms with Crippen molar-refractivity contribution in [1.29, 1.82) is 0 Å². The molecular formula is C15H23NO. The molecule has 0 aromatic heterocycles. The first-order valence-electron chi connectivity index (χ1n) is 6.68. The molecule has 0 unspecified atom stereocenters. The second-order valence-corrected chi connectivity index (χ2v) is 5.20. The van der Waals surface area contributed by atoms with Crippen LogP contribution in [0.1, 0.15) is 49.8 Å². The van der Waals surface area contributed by atoms with Crippen molar-refractivity contribution in [3.05, 3.63) is 35.4 Å². The number of aliphatic hydroxyl groups is 1. The highest BCUT2D eigenvalue weighted by molar-refractivity contribution is 5.28. The van der Waals surface area contributed by atoms with Crippen molar-refractivity contribution in [2.24, 2.45) is 0 Å². The zero-order valence-corrected chi connectivity index (χ0v) is 10.8. The third-order valence-electron chi connectivity index (χ3n) is 3.85. The van der Waals surface area contributed by atoms with Crippen molar-refractivity contribution in [3.8, 4) is 0 Å². The Morgan fingerprint density at radius 2 is 1.94 bits per heavy atom. The van der Waals surface area contributed by atoms with E-state index in [1.165, 1.54) is 17.5 Å². The zero-order valence-electron chi connectivity index (χ0n) is 10.8. The van der Waals surface area contributed by atoms with Crippen LogP contribution in [-0.2, 0) is 0 Å². The molecule has 0 saturated heterocycles. The molecule has 0 radical (unpaired) electrons. The summed E-state index contributed by atoms with van der Waals surface area (Å²) < 4.78 is 0. The zero-order chi connectivity index (χ0) is 12.3. The number of hydrogen-bond acceptors (Lipinski definition) is 2. The maximum atomic E-state index is 9.97. The highest BCUT2D eigenvalue weighted by Gasteiger charge is 2.24. The average molecular weight is 233 g/mol. The van der Waals surface area contributed by atoms with E-state index in [2.05, 4.69) is 43.4 Å². The van der Waals surface area contributed by atoms with Crippen molar-refractivity contribution in [3.63, 3.8) is 0 Å². The van der Waals surface area contributed by atoms with Gasteiger partial charge in [0.15, 0.2) is 0 Å². The summed E-state index contributed by atoms with van der Waals surface area (Å²) in [5.41, 5.74) is 2.66. The van der Waals surface area contributed by atoms with Gasteiger partial charge in [-0.15, -0.1) is 0 Å². The van der Waals surface area contributed by atoms with Gasteiger partial charge in [-0.1, -0.05) is 37.1 Å². The minimum atomic E-state index is -0.171. The van der Waals surface area contributed by atoms with E-state index < -0.39 is 0 Å². The fourth-order valence-electron chi connectivity index (χ4n) is 2.79. The second-order valence-electron chi connectivity index (χ2n) is 5.20. The second kappa shape index (κ2) is 5.65. The lowest BCUT2D eigenvalue weighted by molar-refractivity contribution is 0.0859. The van der Waals surface area contributed by atoms with Gasteiger partial charge in [0.05, 0.1) is 6.10 Å². The van der Waals surface area contributed by atoms with E-state index >= 15 is 0 Å². The largest absolute Gasteiger partial charge is 0.392 e. The third-order valence-corrected chi connectivity index (χ3v) is 3.85. The third kappa shape index (κ3) is 3.08. The van der Waals surface area contributed by atoms with Crippen molar-refractivity contribution in [2.75, 3.05) is 0 Å². The van der Waals surface area contributed by atoms with Crippen LogP contribution in [0.2, 0.25) is 0 Å². The van der Waals surface area contributed by atoms with Crippen LogP contribution in [0.4, 0.5) is 0 Å². The Hall–Kier alpha value is -0.860. The lowest BCUT2D eigenvalue weighted by Crippen LogP contribution is -2.43. The van der Waals surface area contributed by atoms with Gasteiger partial charge in [-0.05, 0) is 37.8 Å². The Morgan fingerprint density at radius 1 is 1.24 bits per heavy atom. The Kier molecular flexibility index (Phi) is 4.19. The molecule has 0 aliphatic heterocycles. The van der Waals surface area contributed by atoms with E-state index in [0.29, 0.717) is 6.04 Å². The smallest absolute Gasteiger partial charge is 0.0693 e. The molecular weight excluding hydrogens is 210 g/mol. The Balaban J connectivity index is 2.01. The molecule has 94 valence electrons. The molecule has 3 atom stereocenters. The molecule has 1 aromatic rings. The first-order chi connectivity index (χ1) is 8.18. The summed E-state index contributed by atoms with van der Waals surface area (Å²) >= 11 is 0. The Bertz CT molecular complexity index is 364. The van der Waals surface area contributed by atoms with Crippen LogP contribution in [0.15, 0.2) is 24.3 Å². The van der Waals surface area contributed by atoms with Crippen molar-refractivity contribution in [2.45, 2.75) is 57.7 Å². The predicted molar refractivity (Wildman–Crippen MR) is 71.0 cm³/mol. The van der Waals surface area contributed by atoms with Gasteiger partial charge in [0.2, 0.25) is 0 Å². The molecule has 0 spiro atoms. The fourth-order valence-corrected chi connectivity index (χ4v) is 2.79. The predicted octanol–water partition coefficient (Wildman–Crippen LogP) is 2.95. The number of hydrogen-bond donors (Lipinski definition) is 2. The van der Waals surface area contributed by atoms with Crippen LogP contribution in [0.25, 0.3) is 0 Å². The lowest BCUT2D eigenvalue weighted by atomic mass is 9.91. The van der Waals surface area contributed by atoms with E-state index in [1.54, 1.807) is 0 Å². The van der Waals surface area contributed by atoms with Crippen LogP contribution < -0.4 is 5.32 Å². The van der Waals surface area contributed by atoms with E-state index in [-0.39, 0.29) is 12.1 Å². The summed E-state index contributed by atoms with van der Waals surface area (Å²) in [6.07, 6.45) is 4.26. The van der Waals surface area contributed by atoms with E-state index in [4.69, 9.17) is 0 Å². The first-order valence-corrected chi connectivity index (χ1v) is 6.68. The van der Waals surface area contributed by atoms with Gasteiger partial charge in [-0.3, -0.25) is 0 Å². The highest BCUT2D eigenvalue weighted by Crippen LogP contribution is 2.23. The van der Waals surface area contributed by atoms with Gasteiger partial charge < -0.3 is 10.4 Å². The Morgan fingerprint density at radius 3 is 2.65 bits per heavy atom. The van der Waals surface area contributed by atoms with Crippen LogP contribution in [0.3, 0.4) is 0 Å². The van der Waals surface area contributed by atoms with Crippen molar-refractivity contribution >= 4 is 0 Å². The minimum absolute atomic E-state index is 0.171. The van der Waals surface area contributed by atoms with Gasteiger partial charge in [0.1, 0.15) is 0 Å². The molecule has 2 N–H and O–H groups in total. The Labute approximate surface area is 104 Å². The van der Waals surface area contributed by atoms with Crippen LogP contribution in [0, 0.1) is 6.92 Å². The summed E-state index contributed by atoms with van der Waals surface area (Å²) in [5.74, 6) is 0. The average Bonchev–Trinajstić information content (AvgIpc) is 2.32. The van der Waals surface area contributed by atoms with E-state index in [0.717, 1.165) is 19.3 Å². The molecule has 2 nitrogen and oxygen atoms in total. The molecule has 2 rings (SSSR count). The van der Waals surface area contributed by atoms with Crippen LogP contribution >= 0.6 is 0 Å². The topological polar surface area (TPSA) is 32.3 Å².